The Kier molecular flexibility index (Phi) is 6.42. The zero-order chi connectivity index (χ0) is 16.8. The number of ether oxygens (including phenoxy) is 1. The Morgan fingerprint density at radius 3 is 2.48 bits per heavy atom. The van der Waals surface area contributed by atoms with Crippen LogP contribution in [-0.2, 0) is 19.1 Å². The molecule has 0 aromatic rings. The summed E-state index contributed by atoms with van der Waals surface area (Å²) < 4.78 is 5.09. The van der Waals surface area contributed by atoms with Crippen LogP contribution in [0.5, 0.6) is 0 Å². The molecule has 130 valence electrons. The van der Waals surface area contributed by atoms with Gasteiger partial charge in [0.25, 0.3) is 0 Å². The van der Waals surface area contributed by atoms with Gasteiger partial charge in [0.05, 0.1) is 12.5 Å². The summed E-state index contributed by atoms with van der Waals surface area (Å²) in [6.07, 6.45) is 5.74. The molecule has 23 heavy (non-hydrogen) atoms. The van der Waals surface area contributed by atoms with E-state index in [9.17, 15) is 14.4 Å². The number of carbonyl (C=O) groups is 3. The van der Waals surface area contributed by atoms with E-state index in [0.29, 0.717) is 19.7 Å². The van der Waals surface area contributed by atoms with Gasteiger partial charge >= 0.3 is 5.97 Å². The molecule has 2 fully saturated rings. The highest BCUT2D eigenvalue weighted by Crippen LogP contribution is 2.29. The van der Waals surface area contributed by atoms with Crippen molar-refractivity contribution in [2.45, 2.75) is 58.4 Å². The molecule has 2 amide bonds. The number of nitrogens with one attached hydrogen (secondary N) is 1. The number of hydrogen-bond acceptors (Lipinski definition) is 4. The molecule has 2 atom stereocenters. The van der Waals surface area contributed by atoms with E-state index in [0.717, 1.165) is 38.5 Å². The average Bonchev–Trinajstić information content (AvgIpc) is 3.06. The summed E-state index contributed by atoms with van der Waals surface area (Å²) in [6.45, 7) is 4.65. The molecule has 0 aromatic heterocycles. The van der Waals surface area contributed by atoms with E-state index in [4.69, 9.17) is 4.74 Å². The SMILES string of the molecule is CCOC(=O)C1CCCN(C(=O)C(NC(C)=O)C2CCCC2)C1. The molecule has 6 nitrogen and oxygen atoms in total. The summed E-state index contributed by atoms with van der Waals surface area (Å²) in [5.74, 6) is -0.458. The molecule has 0 bridgehead atoms. The topological polar surface area (TPSA) is 75.7 Å². The van der Waals surface area contributed by atoms with E-state index >= 15 is 0 Å². The maximum Gasteiger partial charge on any atom is 0.310 e. The highest BCUT2D eigenvalue weighted by Gasteiger charge is 2.37. The Balaban J connectivity index is 2.02. The third kappa shape index (κ3) is 4.69. The van der Waals surface area contributed by atoms with E-state index in [1.807, 2.05) is 0 Å². The van der Waals surface area contributed by atoms with Gasteiger partial charge in [-0.05, 0) is 38.5 Å². The molecule has 0 aromatic carbocycles. The van der Waals surface area contributed by atoms with Crippen LogP contribution in [0.25, 0.3) is 0 Å². The van der Waals surface area contributed by atoms with Crippen molar-refractivity contribution >= 4 is 17.8 Å². The van der Waals surface area contributed by atoms with Crippen LogP contribution in [0, 0.1) is 11.8 Å². The molecule has 0 spiro atoms. The number of carbonyl (C=O) groups excluding carboxylic acids is 3. The second-order valence-corrected chi connectivity index (χ2v) is 6.60. The lowest BCUT2D eigenvalue weighted by atomic mass is 9.93. The minimum atomic E-state index is -0.448. The van der Waals surface area contributed by atoms with Gasteiger partial charge in [0.15, 0.2) is 0 Å². The van der Waals surface area contributed by atoms with Crippen LogP contribution in [0.15, 0.2) is 0 Å². The van der Waals surface area contributed by atoms with Gasteiger partial charge in [-0.15, -0.1) is 0 Å². The first kappa shape index (κ1) is 17.8. The minimum absolute atomic E-state index is 0.0406. The lowest BCUT2D eigenvalue weighted by molar-refractivity contribution is -0.152. The first-order chi connectivity index (χ1) is 11.0. The number of hydrogen-bond donors (Lipinski definition) is 1. The highest BCUT2D eigenvalue weighted by atomic mass is 16.5. The summed E-state index contributed by atoms with van der Waals surface area (Å²) in [7, 11) is 0. The van der Waals surface area contributed by atoms with Gasteiger partial charge in [0, 0.05) is 20.0 Å². The summed E-state index contributed by atoms with van der Waals surface area (Å²) in [6, 6.07) is -0.448. The summed E-state index contributed by atoms with van der Waals surface area (Å²) in [5, 5.41) is 2.84. The summed E-state index contributed by atoms with van der Waals surface area (Å²) in [4.78, 5) is 38.1. The van der Waals surface area contributed by atoms with Gasteiger partial charge in [0.2, 0.25) is 11.8 Å². The van der Waals surface area contributed by atoms with Crippen molar-refractivity contribution in [2.24, 2.45) is 11.8 Å². The predicted octanol–water partition coefficient (Wildman–Crippen LogP) is 1.48. The van der Waals surface area contributed by atoms with E-state index in [2.05, 4.69) is 5.32 Å². The molecule has 1 aliphatic heterocycles. The molecule has 0 radical (unpaired) electrons. The van der Waals surface area contributed by atoms with Crippen LogP contribution in [-0.4, -0.2) is 48.4 Å². The Labute approximate surface area is 137 Å². The van der Waals surface area contributed by atoms with Gasteiger partial charge in [-0.25, -0.2) is 0 Å². The Bertz CT molecular complexity index is 446. The molecule has 2 unspecified atom stereocenters. The number of nitrogens with zero attached hydrogens (tertiary/aromatic N) is 1. The Morgan fingerprint density at radius 2 is 1.87 bits per heavy atom. The summed E-state index contributed by atoms with van der Waals surface area (Å²) >= 11 is 0. The van der Waals surface area contributed by atoms with Crippen molar-refractivity contribution < 1.29 is 19.1 Å². The van der Waals surface area contributed by atoms with Crippen molar-refractivity contribution in [3.63, 3.8) is 0 Å². The van der Waals surface area contributed by atoms with E-state index in [-0.39, 0.29) is 29.6 Å². The predicted molar refractivity (Wildman–Crippen MR) is 85.5 cm³/mol. The molecular formula is C17H28N2O4. The third-order valence-electron chi connectivity index (χ3n) is 4.85. The normalized spacial score (nSPS) is 23.4. The van der Waals surface area contributed by atoms with Crippen molar-refractivity contribution in [1.29, 1.82) is 0 Å². The Hall–Kier alpha value is -1.59. The van der Waals surface area contributed by atoms with Crippen LogP contribution in [0.2, 0.25) is 0 Å². The fourth-order valence-electron chi connectivity index (χ4n) is 3.72. The van der Waals surface area contributed by atoms with Crippen LogP contribution in [0.1, 0.15) is 52.4 Å². The largest absolute Gasteiger partial charge is 0.466 e. The molecule has 1 N–H and O–H groups in total. The fourth-order valence-corrected chi connectivity index (χ4v) is 3.72. The molecule has 1 saturated carbocycles. The molecule has 6 heteroatoms. The lowest BCUT2D eigenvalue weighted by Gasteiger charge is -2.35. The summed E-state index contributed by atoms with van der Waals surface area (Å²) in [5.41, 5.74) is 0. The number of esters is 1. The standard InChI is InChI=1S/C17H28N2O4/c1-3-23-17(22)14-9-6-10-19(11-14)16(21)15(18-12(2)20)13-7-4-5-8-13/h13-15H,3-11H2,1-2H3,(H,18,20). The second kappa shape index (κ2) is 8.31. The van der Waals surface area contributed by atoms with Crippen LogP contribution in [0.3, 0.4) is 0 Å². The number of piperidine rings is 1. The maximum atomic E-state index is 12.9. The van der Waals surface area contributed by atoms with Gasteiger partial charge in [0.1, 0.15) is 6.04 Å². The molecule has 1 aliphatic carbocycles. The van der Waals surface area contributed by atoms with Crippen molar-refractivity contribution in [1.82, 2.24) is 10.2 Å². The number of rotatable bonds is 5. The number of likely N-dealkylation sites (tertiary alicyclic amines) is 1. The molecular weight excluding hydrogens is 296 g/mol. The van der Waals surface area contributed by atoms with E-state index in [1.165, 1.54) is 6.92 Å². The third-order valence-corrected chi connectivity index (χ3v) is 4.85. The van der Waals surface area contributed by atoms with Crippen LogP contribution >= 0.6 is 0 Å². The zero-order valence-electron chi connectivity index (χ0n) is 14.2. The fraction of sp³-hybridized carbons (Fsp3) is 0.824. The van der Waals surface area contributed by atoms with Crippen LogP contribution in [0.4, 0.5) is 0 Å². The Morgan fingerprint density at radius 1 is 1.17 bits per heavy atom. The van der Waals surface area contributed by atoms with Crippen LogP contribution < -0.4 is 5.32 Å². The maximum absolute atomic E-state index is 12.9. The second-order valence-electron chi connectivity index (χ2n) is 6.60. The lowest BCUT2D eigenvalue weighted by Crippen LogP contribution is -2.54. The van der Waals surface area contributed by atoms with Gasteiger partial charge in [-0.1, -0.05) is 12.8 Å². The monoisotopic (exact) mass is 324 g/mol. The highest BCUT2D eigenvalue weighted by molar-refractivity contribution is 5.87. The van der Waals surface area contributed by atoms with Crippen molar-refractivity contribution in [2.75, 3.05) is 19.7 Å². The first-order valence-electron chi connectivity index (χ1n) is 8.75. The minimum Gasteiger partial charge on any atom is -0.466 e. The van der Waals surface area contributed by atoms with E-state index in [1.54, 1.807) is 11.8 Å². The quantitative estimate of drug-likeness (QED) is 0.777. The van der Waals surface area contributed by atoms with Gasteiger partial charge < -0.3 is 15.0 Å². The van der Waals surface area contributed by atoms with Crippen molar-refractivity contribution in [3.8, 4) is 0 Å². The average molecular weight is 324 g/mol. The molecule has 1 saturated heterocycles. The zero-order valence-corrected chi connectivity index (χ0v) is 14.2. The molecule has 2 aliphatic rings. The van der Waals surface area contributed by atoms with Gasteiger partial charge in [-0.2, -0.15) is 0 Å². The smallest absolute Gasteiger partial charge is 0.310 e. The molecule has 1 heterocycles. The van der Waals surface area contributed by atoms with E-state index < -0.39 is 6.04 Å². The first-order valence-corrected chi connectivity index (χ1v) is 8.75. The van der Waals surface area contributed by atoms with Crippen molar-refractivity contribution in [3.05, 3.63) is 0 Å². The van der Waals surface area contributed by atoms with Gasteiger partial charge in [-0.3, -0.25) is 14.4 Å². The molecule has 2 rings (SSSR count). The number of amides is 2.